The molecule has 1 unspecified atom stereocenters. The first-order valence-electron chi connectivity index (χ1n) is 5.34. The minimum absolute atomic E-state index is 0.327. The maximum Gasteiger partial charge on any atom is 0.128 e. The number of aryl methyl sites for hydroxylation is 1. The molecule has 2 aromatic rings. The number of hydrogen-bond donors (Lipinski definition) is 0. The summed E-state index contributed by atoms with van der Waals surface area (Å²) >= 11 is 18.1. The molecule has 2 rings (SSSR count). The molecule has 0 amide bonds. The van der Waals surface area contributed by atoms with Crippen molar-refractivity contribution in [3.8, 4) is 0 Å². The maximum atomic E-state index is 13.7. The van der Waals surface area contributed by atoms with Crippen molar-refractivity contribution in [2.24, 2.45) is 0 Å². The van der Waals surface area contributed by atoms with Crippen molar-refractivity contribution in [1.82, 2.24) is 0 Å². The predicted molar refractivity (Wildman–Crippen MR) is 75.3 cm³/mol. The average molecular weight is 304 g/mol. The zero-order valence-electron chi connectivity index (χ0n) is 9.55. The van der Waals surface area contributed by atoms with E-state index in [1.807, 2.05) is 6.92 Å². The SMILES string of the molecule is Cc1ccc(F)c(C(Cl)c2ccc(Cl)c(Cl)c2)c1. The molecule has 0 N–H and O–H groups in total. The Labute approximate surface area is 120 Å². The highest BCUT2D eigenvalue weighted by atomic mass is 35.5. The molecule has 0 heterocycles. The van der Waals surface area contributed by atoms with Gasteiger partial charge in [0.1, 0.15) is 5.82 Å². The molecular formula is C14H10Cl3F. The highest BCUT2D eigenvalue weighted by Gasteiger charge is 2.16. The third-order valence-electron chi connectivity index (χ3n) is 2.66. The van der Waals surface area contributed by atoms with Gasteiger partial charge in [0.05, 0.1) is 15.4 Å². The second-order valence-electron chi connectivity index (χ2n) is 4.06. The molecule has 0 saturated carbocycles. The molecular weight excluding hydrogens is 294 g/mol. The number of rotatable bonds is 2. The van der Waals surface area contributed by atoms with Crippen LogP contribution in [0.25, 0.3) is 0 Å². The Morgan fingerprint density at radius 2 is 1.72 bits per heavy atom. The van der Waals surface area contributed by atoms with E-state index < -0.39 is 5.38 Å². The lowest BCUT2D eigenvalue weighted by Gasteiger charge is -2.13. The quantitative estimate of drug-likeness (QED) is 0.618. The smallest absolute Gasteiger partial charge is 0.128 e. The molecule has 4 heteroatoms. The molecule has 1 atom stereocenters. The van der Waals surface area contributed by atoms with Crippen LogP contribution in [0.15, 0.2) is 36.4 Å². The Hall–Kier alpha value is -0.760. The van der Waals surface area contributed by atoms with Gasteiger partial charge in [-0.1, -0.05) is 47.0 Å². The van der Waals surface area contributed by atoms with Gasteiger partial charge in [-0.05, 0) is 30.7 Å². The summed E-state index contributed by atoms with van der Waals surface area (Å²) in [6.45, 7) is 1.89. The van der Waals surface area contributed by atoms with Gasteiger partial charge in [0.15, 0.2) is 0 Å². The van der Waals surface area contributed by atoms with Gasteiger partial charge in [-0.15, -0.1) is 11.6 Å². The third-order valence-corrected chi connectivity index (χ3v) is 3.89. The van der Waals surface area contributed by atoms with Crippen LogP contribution in [-0.4, -0.2) is 0 Å². The zero-order chi connectivity index (χ0) is 13.3. The van der Waals surface area contributed by atoms with Crippen LogP contribution in [-0.2, 0) is 0 Å². The summed E-state index contributed by atoms with van der Waals surface area (Å²) in [4.78, 5) is 0. The normalized spacial score (nSPS) is 12.5. The lowest BCUT2D eigenvalue weighted by molar-refractivity contribution is 0.612. The number of benzene rings is 2. The summed E-state index contributed by atoms with van der Waals surface area (Å²) < 4.78 is 13.7. The van der Waals surface area contributed by atoms with E-state index in [1.165, 1.54) is 6.07 Å². The topological polar surface area (TPSA) is 0 Å². The zero-order valence-corrected chi connectivity index (χ0v) is 11.8. The molecule has 94 valence electrons. The Bertz CT molecular complexity index is 581. The highest BCUT2D eigenvalue weighted by molar-refractivity contribution is 6.42. The van der Waals surface area contributed by atoms with E-state index >= 15 is 0 Å². The van der Waals surface area contributed by atoms with E-state index in [0.29, 0.717) is 15.6 Å². The van der Waals surface area contributed by atoms with Gasteiger partial charge in [-0.25, -0.2) is 4.39 Å². The molecule has 0 aliphatic carbocycles. The Morgan fingerprint density at radius 3 is 2.39 bits per heavy atom. The first-order valence-corrected chi connectivity index (χ1v) is 6.53. The van der Waals surface area contributed by atoms with E-state index in [9.17, 15) is 4.39 Å². The second kappa shape index (κ2) is 5.48. The van der Waals surface area contributed by atoms with Crippen LogP contribution >= 0.6 is 34.8 Å². The monoisotopic (exact) mass is 302 g/mol. The Balaban J connectivity index is 2.44. The number of alkyl halides is 1. The summed E-state index contributed by atoms with van der Waals surface area (Å²) in [6.07, 6.45) is 0. The van der Waals surface area contributed by atoms with Crippen molar-refractivity contribution in [2.45, 2.75) is 12.3 Å². The second-order valence-corrected chi connectivity index (χ2v) is 5.31. The molecule has 0 saturated heterocycles. The van der Waals surface area contributed by atoms with E-state index in [4.69, 9.17) is 34.8 Å². The lowest BCUT2D eigenvalue weighted by Crippen LogP contribution is -1.98. The molecule has 18 heavy (non-hydrogen) atoms. The molecule has 0 spiro atoms. The van der Waals surface area contributed by atoms with E-state index in [1.54, 1.807) is 30.3 Å². The van der Waals surface area contributed by atoms with Crippen molar-refractivity contribution < 1.29 is 4.39 Å². The van der Waals surface area contributed by atoms with Crippen LogP contribution in [0.4, 0.5) is 4.39 Å². The van der Waals surface area contributed by atoms with Crippen molar-refractivity contribution in [3.05, 3.63) is 69.0 Å². The summed E-state index contributed by atoms with van der Waals surface area (Å²) in [5, 5.41) is 0.279. The molecule has 2 aromatic carbocycles. The largest absolute Gasteiger partial charge is 0.207 e. The van der Waals surface area contributed by atoms with Crippen molar-refractivity contribution in [1.29, 1.82) is 0 Å². The van der Waals surface area contributed by atoms with Gasteiger partial charge in [0, 0.05) is 5.56 Å². The van der Waals surface area contributed by atoms with Crippen molar-refractivity contribution in [3.63, 3.8) is 0 Å². The van der Waals surface area contributed by atoms with Gasteiger partial charge < -0.3 is 0 Å². The minimum atomic E-state index is -0.584. The van der Waals surface area contributed by atoms with Crippen LogP contribution in [0, 0.1) is 12.7 Å². The van der Waals surface area contributed by atoms with E-state index in [2.05, 4.69) is 0 Å². The standard InChI is InChI=1S/C14H10Cl3F/c1-8-2-5-13(18)10(6-8)14(17)9-3-4-11(15)12(16)7-9/h2-7,14H,1H3. The molecule has 0 aliphatic heterocycles. The third kappa shape index (κ3) is 2.80. The summed E-state index contributed by atoms with van der Waals surface area (Å²) in [5.74, 6) is -0.327. The molecule has 0 nitrogen and oxygen atoms in total. The molecule has 0 bridgehead atoms. The van der Waals surface area contributed by atoms with Crippen molar-refractivity contribution >= 4 is 34.8 Å². The summed E-state index contributed by atoms with van der Waals surface area (Å²) in [7, 11) is 0. The van der Waals surface area contributed by atoms with Crippen LogP contribution in [0.1, 0.15) is 22.1 Å². The van der Waals surface area contributed by atoms with Crippen LogP contribution < -0.4 is 0 Å². The van der Waals surface area contributed by atoms with Gasteiger partial charge in [0.25, 0.3) is 0 Å². The van der Waals surface area contributed by atoms with Gasteiger partial charge in [0.2, 0.25) is 0 Å². The first kappa shape index (κ1) is 13.7. The molecule has 0 fully saturated rings. The number of hydrogen-bond acceptors (Lipinski definition) is 0. The predicted octanol–water partition coefficient (Wildman–Crippen LogP) is 5.77. The Kier molecular flexibility index (Phi) is 4.16. The van der Waals surface area contributed by atoms with E-state index in [0.717, 1.165) is 11.1 Å². The lowest BCUT2D eigenvalue weighted by atomic mass is 10.0. The van der Waals surface area contributed by atoms with Crippen LogP contribution in [0.5, 0.6) is 0 Å². The molecule has 0 aromatic heterocycles. The van der Waals surface area contributed by atoms with Crippen molar-refractivity contribution in [2.75, 3.05) is 0 Å². The van der Waals surface area contributed by atoms with Gasteiger partial charge in [-0.2, -0.15) is 0 Å². The van der Waals surface area contributed by atoms with Gasteiger partial charge in [-0.3, -0.25) is 0 Å². The fourth-order valence-corrected chi connectivity index (χ4v) is 2.32. The fourth-order valence-electron chi connectivity index (χ4n) is 1.71. The maximum absolute atomic E-state index is 13.7. The molecule has 0 aliphatic rings. The van der Waals surface area contributed by atoms with E-state index in [-0.39, 0.29) is 5.82 Å². The average Bonchev–Trinajstić information content (AvgIpc) is 2.35. The number of halogens is 4. The summed E-state index contributed by atoms with van der Waals surface area (Å²) in [5.41, 5.74) is 2.11. The van der Waals surface area contributed by atoms with Gasteiger partial charge >= 0.3 is 0 Å². The van der Waals surface area contributed by atoms with Crippen LogP contribution in [0.3, 0.4) is 0 Å². The first-order chi connectivity index (χ1) is 8.49. The minimum Gasteiger partial charge on any atom is -0.207 e. The molecule has 0 radical (unpaired) electrons. The Morgan fingerprint density at radius 1 is 1.00 bits per heavy atom. The summed E-state index contributed by atoms with van der Waals surface area (Å²) in [6, 6.07) is 9.91. The fraction of sp³-hybridized carbons (Fsp3) is 0.143. The van der Waals surface area contributed by atoms with Crippen LogP contribution in [0.2, 0.25) is 10.0 Å². The highest BCUT2D eigenvalue weighted by Crippen LogP contribution is 2.34.